The molecule has 0 atom stereocenters. The molecule has 0 aliphatic carbocycles. The summed E-state index contributed by atoms with van der Waals surface area (Å²) in [6.45, 7) is 5.02. The molecule has 1 radical (unpaired) electrons. The number of nitrogens with one attached hydrogen (secondary N) is 1. The molecule has 13 heavy (non-hydrogen) atoms. The molecule has 0 spiro atoms. The molecule has 1 aromatic carbocycles. The van der Waals surface area contributed by atoms with Crippen LogP contribution in [0.2, 0.25) is 0 Å². The predicted octanol–water partition coefficient (Wildman–Crippen LogP) is 2.40. The van der Waals surface area contributed by atoms with E-state index in [4.69, 9.17) is 15.2 Å². The standard InChI is InChI=1S/C10H14NO2/c1-3-12-8-5-6-10(13-4-2)9(11)7-8/h5-7,11H,3-4H2,1-2H3. The van der Waals surface area contributed by atoms with Crippen molar-refractivity contribution in [1.29, 1.82) is 0 Å². The zero-order valence-electron chi connectivity index (χ0n) is 7.96. The highest BCUT2D eigenvalue weighted by atomic mass is 16.5. The van der Waals surface area contributed by atoms with Crippen LogP contribution >= 0.6 is 0 Å². The van der Waals surface area contributed by atoms with E-state index in [0.717, 1.165) is 5.75 Å². The average Bonchev–Trinajstić information content (AvgIpc) is 2.10. The Kier molecular flexibility index (Phi) is 3.43. The first-order chi connectivity index (χ1) is 6.27. The molecular weight excluding hydrogens is 166 g/mol. The minimum atomic E-state index is 0.368. The van der Waals surface area contributed by atoms with Gasteiger partial charge in [0, 0.05) is 6.07 Å². The van der Waals surface area contributed by atoms with Crippen molar-refractivity contribution in [3.8, 4) is 11.5 Å². The maximum atomic E-state index is 7.59. The zero-order chi connectivity index (χ0) is 9.68. The van der Waals surface area contributed by atoms with Crippen molar-refractivity contribution in [2.75, 3.05) is 13.2 Å². The van der Waals surface area contributed by atoms with E-state index in [2.05, 4.69) is 0 Å². The third-order valence-electron chi connectivity index (χ3n) is 1.56. The molecule has 0 aliphatic rings. The molecule has 0 unspecified atom stereocenters. The fraction of sp³-hybridized carbons (Fsp3) is 0.400. The highest BCUT2D eigenvalue weighted by molar-refractivity contribution is 5.53. The van der Waals surface area contributed by atoms with Crippen LogP contribution in [-0.4, -0.2) is 13.2 Å². The zero-order valence-corrected chi connectivity index (χ0v) is 7.96. The third kappa shape index (κ3) is 2.54. The summed E-state index contributed by atoms with van der Waals surface area (Å²) in [5, 5.41) is 0. The first-order valence-electron chi connectivity index (χ1n) is 4.39. The lowest BCUT2D eigenvalue weighted by molar-refractivity contribution is 0.331. The van der Waals surface area contributed by atoms with Crippen molar-refractivity contribution in [3.05, 3.63) is 18.2 Å². The number of rotatable bonds is 4. The summed E-state index contributed by atoms with van der Waals surface area (Å²) >= 11 is 0. The van der Waals surface area contributed by atoms with Gasteiger partial charge < -0.3 is 9.47 Å². The van der Waals surface area contributed by atoms with Gasteiger partial charge in [0.15, 0.2) is 0 Å². The molecule has 0 saturated heterocycles. The van der Waals surface area contributed by atoms with Crippen LogP contribution in [0.4, 0.5) is 5.69 Å². The van der Waals surface area contributed by atoms with Crippen LogP contribution in [0.25, 0.3) is 0 Å². The van der Waals surface area contributed by atoms with Gasteiger partial charge in [-0.05, 0) is 26.0 Å². The van der Waals surface area contributed by atoms with E-state index in [1.54, 1.807) is 12.1 Å². The van der Waals surface area contributed by atoms with Gasteiger partial charge in [0.05, 0.1) is 18.9 Å². The average molecular weight is 180 g/mol. The van der Waals surface area contributed by atoms with Crippen LogP contribution in [-0.2, 0) is 0 Å². The van der Waals surface area contributed by atoms with Crippen LogP contribution in [0, 0.1) is 0 Å². The summed E-state index contributed by atoms with van der Waals surface area (Å²) in [5.41, 5.74) is 7.96. The smallest absolute Gasteiger partial charge is 0.144 e. The number of hydrogen-bond acceptors (Lipinski definition) is 2. The van der Waals surface area contributed by atoms with Crippen molar-refractivity contribution in [2.24, 2.45) is 0 Å². The van der Waals surface area contributed by atoms with Gasteiger partial charge in [0.1, 0.15) is 11.5 Å². The van der Waals surface area contributed by atoms with Gasteiger partial charge in [0.25, 0.3) is 0 Å². The van der Waals surface area contributed by atoms with Crippen molar-refractivity contribution in [1.82, 2.24) is 5.73 Å². The van der Waals surface area contributed by atoms with Gasteiger partial charge >= 0.3 is 0 Å². The minimum absolute atomic E-state index is 0.368. The van der Waals surface area contributed by atoms with Crippen LogP contribution in [0.1, 0.15) is 13.8 Å². The third-order valence-corrected chi connectivity index (χ3v) is 1.56. The van der Waals surface area contributed by atoms with Crippen molar-refractivity contribution in [3.63, 3.8) is 0 Å². The Morgan fingerprint density at radius 2 is 1.85 bits per heavy atom. The first kappa shape index (κ1) is 9.71. The SMILES string of the molecule is CCOc1ccc(OCC)c([NH])c1. The Bertz CT molecular complexity index is 274. The molecule has 1 aromatic rings. The van der Waals surface area contributed by atoms with Gasteiger partial charge in [0.2, 0.25) is 0 Å². The second-order valence-corrected chi connectivity index (χ2v) is 2.52. The maximum absolute atomic E-state index is 7.59. The molecule has 0 bridgehead atoms. The van der Waals surface area contributed by atoms with Gasteiger partial charge in [-0.3, -0.25) is 5.73 Å². The van der Waals surface area contributed by atoms with Gasteiger partial charge in [-0.2, -0.15) is 0 Å². The summed E-state index contributed by atoms with van der Waals surface area (Å²) in [6, 6.07) is 5.23. The first-order valence-corrected chi connectivity index (χ1v) is 4.39. The molecule has 71 valence electrons. The molecule has 0 aliphatic heterocycles. The van der Waals surface area contributed by atoms with E-state index < -0.39 is 0 Å². The normalized spacial score (nSPS) is 9.69. The minimum Gasteiger partial charge on any atom is -0.494 e. The van der Waals surface area contributed by atoms with E-state index in [-0.39, 0.29) is 0 Å². The van der Waals surface area contributed by atoms with E-state index in [1.165, 1.54) is 0 Å². The van der Waals surface area contributed by atoms with E-state index in [1.807, 2.05) is 19.9 Å². The lowest BCUT2D eigenvalue weighted by atomic mass is 10.3. The molecule has 0 amide bonds. The van der Waals surface area contributed by atoms with E-state index in [9.17, 15) is 0 Å². The monoisotopic (exact) mass is 180 g/mol. The molecule has 0 heterocycles. The largest absolute Gasteiger partial charge is 0.494 e. The van der Waals surface area contributed by atoms with Crippen LogP contribution < -0.4 is 15.2 Å². The molecular formula is C10H14NO2. The van der Waals surface area contributed by atoms with Crippen LogP contribution in [0.15, 0.2) is 18.2 Å². The second-order valence-electron chi connectivity index (χ2n) is 2.52. The Balaban J connectivity index is 2.79. The fourth-order valence-corrected chi connectivity index (χ4v) is 1.05. The van der Waals surface area contributed by atoms with Crippen LogP contribution in [0.3, 0.4) is 0 Å². The van der Waals surface area contributed by atoms with Gasteiger partial charge in [-0.1, -0.05) is 0 Å². The van der Waals surface area contributed by atoms with E-state index in [0.29, 0.717) is 24.7 Å². The highest BCUT2D eigenvalue weighted by Crippen LogP contribution is 2.27. The number of hydrogen-bond donors (Lipinski definition) is 0. The number of benzene rings is 1. The summed E-state index contributed by atoms with van der Waals surface area (Å²) in [4.78, 5) is 0. The molecule has 1 rings (SSSR count). The highest BCUT2D eigenvalue weighted by Gasteiger charge is 2.01. The number of ether oxygens (including phenoxy) is 2. The summed E-state index contributed by atoms with van der Waals surface area (Å²) < 4.78 is 10.5. The van der Waals surface area contributed by atoms with Gasteiger partial charge in [-0.15, -0.1) is 0 Å². The van der Waals surface area contributed by atoms with Crippen molar-refractivity contribution in [2.45, 2.75) is 13.8 Å². The predicted molar refractivity (Wildman–Crippen MR) is 51.5 cm³/mol. The summed E-state index contributed by atoms with van der Waals surface area (Å²) in [6.07, 6.45) is 0. The molecule has 3 heteroatoms. The van der Waals surface area contributed by atoms with E-state index >= 15 is 0 Å². The Morgan fingerprint density at radius 1 is 1.15 bits per heavy atom. The maximum Gasteiger partial charge on any atom is 0.144 e. The molecule has 0 aromatic heterocycles. The topological polar surface area (TPSA) is 42.3 Å². The Morgan fingerprint density at radius 3 is 2.38 bits per heavy atom. The van der Waals surface area contributed by atoms with Crippen molar-refractivity contribution < 1.29 is 9.47 Å². The molecule has 3 nitrogen and oxygen atoms in total. The summed E-state index contributed by atoms with van der Waals surface area (Å²) in [7, 11) is 0. The molecule has 0 saturated carbocycles. The fourth-order valence-electron chi connectivity index (χ4n) is 1.05. The summed E-state index contributed by atoms with van der Waals surface area (Å²) in [5.74, 6) is 1.32. The van der Waals surface area contributed by atoms with Gasteiger partial charge in [-0.25, -0.2) is 0 Å². The van der Waals surface area contributed by atoms with Crippen LogP contribution in [0.5, 0.6) is 11.5 Å². The molecule has 1 N–H and O–H groups in total. The molecule has 0 fully saturated rings. The second kappa shape index (κ2) is 4.60. The van der Waals surface area contributed by atoms with Crippen molar-refractivity contribution >= 4 is 5.69 Å². The lowest BCUT2D eigenvalue weighted by Gasteiger charge is -2.08. The Labute approximate surface area is 78.5 Å². The lowest BCUT2D eigenvalue weighted by Crippen LogP contribution is -1.95. The Hall–Kier alpha value is -1.38. The quantitative estimate of drug-likeness (QED) is 0.714.